The lowest BCUT2D eigenvalue weighted by molar-refractivity contribution is 0.122. The third-order valence-electron chi connectivity index (χ3n) is 4.93. The number of morpholine rings is 1. The molecular weight excluding hydrogens is 418 g/mol. The van der Waals surface area contributed by atoms with Crippen LogP contribution in [0.1, 0.15) is 11.6 Å². The van der Waals surface area contributed by atoms with Crippen molar-refractivity contribution in [2.75, 3.05) is 41.2 Å². The van der Waals surface area contributed by atoms with Crippen LogP contribution in [-0.2, 0) is 21.8 Å². The van der Waals surface area contributed by atoms with Crippen LogP contribution < -0.4 is 14.9 Å². The first-order chi connectivity index (χ1) is 14.8. The zero-order valence-corrected chi connectivity index (χ0v) is 18.5. The summed E-state index contributed by atoms with van der Waals surface area (Å²) in [5.74, 6) is 2.82. The SMILES string of the molecule is Cc1nc(Nc2ccc(NS(=O)(=O)c3cn(C)c(C)n3)cc2)cc(N2CCOCC2)n1. The molecule has 0 saturated carbocycles. The minimum atomic E-state index is -3.75. The molecule has 2 N–H and O–H groups in total. The van der Waals surface area contributed by atoms with E-state index in [1.807, 2.05) is 13.0 Å². The number of anilines is 4. The first kappa shape index (κ1) is 21.1. The van der Waals surface area contributed by atoms with E-state index in [0.29, 0.717) is 36.4 Å². The van der Waals surface area contributed by atoms with Gasteiger partial charge in [0.25, 0.3) is 10.0 Å². The van der Waals surface area contributed by atoms with Crippen LogP contribution in [0, 0.1) is 13.8 Å². The van der Waals surface area contributed by atoms with Crippen molar-refractivity contribution in [1.82, 2.24) is 19.5 Å². The van der Waals surface area contributed by atoms with E-state index in [1.54, 1.807) is 42.8 Å². The normalized spacial score (nSPS) is 14.5. The molecule has 3 heterocycles. The minimum absolute atomic E-state index is 0.0122. The van der Waals surface area contributed by atoms with E-state index in [1.165, 1.54) is 6.20 Å². The molecule has 0 bridgehead atoms. The number of nitrogens with zero attached hydrogens (tertiary/aromatic N) is 5. The van der Waals surface area contributed by atoms with Gasteiger partial charge in [-0.25, -0.2) is 15.0 Å². The molecule has 0 unspecified atom stereocenters. The molecule has 0 atom stereocenters. The fourth-order valence-electron chi connectivity index (χ4n) is 3.20. The quantitative estimate of drug-likeness (QED) is 0.596. The highest BCUT2D eigenvalue weighted by Crippen LogP contribution is 2.23. The van der Waals surface area contributed by atoms with Gasteiger partial charge in [0, 0.05) is 43.8 Å². The maximum atomic E-state index is 12.5. The predicted octanol–water partition coefficient (Wildman–Crippen LogP) is 2.21. The Kier molecular flexibility index (Phi) is 5.79. The number of sulfonamides is 1. The molecule has 1 aliphatic heterocycles. The maximum absolute atomic E-state index is 12.5. The number of aryl methyl sites for hydroxylation is 3. The Morgan fingerprint density at radius 1 is 1.00 bits per heavy atom. The molecule has 4 rings (SSSR count). The molecule has 0 radical (unpaired) electrons. The van der Waals surface area contributed by atoms with Gasteiger partial charge in [0.1, 0.15) is 23.3 Å². The summed E-state index contributed by atoms with van der Waals surface area (Å²) < 4.78 is 34.7. The van der Waals surface area contributed by atoms with Gasteiger partial charge in [0.05, 0.1) is 13.2 Å². The van der Waals surface area contributed by atoms with Crippen molar-refractivity contribution >= 4 is 33.0 Å². The number of hydrogen-bond donors (Lipinski definition) is 2. The highest BCUT2D eigenvalue weighted by molar-refractivity contribution is 7.92. The first-order valence-electron chi connectivity index (χ1n) is 9.88. The number of nitrogens with one attached hydrogen (secondary N) is 2. The van der Waals surface area contributed by atoms with E-state index in [4.69, 9.17) is 4.74 Å². The average molecular weight is 444 g/mol. The molecule has 11 heteroatoms. The molecule has 164 valence electrons. The van der Waals surface area contributed by atoms with Gasteiger partial charge >= 0.3 is 0 Å². The van der Waals surface area contributed by atoms with E-state index in [0.717, 1.165) is 24.6 Å². The third kappa shape index (κ3) is 4.94. The molecule has 10 nitrogen and oxygen atoms in total. The molecule has 0 spiro atoms. The zero-order valence-electron chi connectivity index (χ0n) is 17.7. The highest BCUT2D eigenvalue weighted by Gasteiger charge is 2.19. The first-order valence-corrected chi connectivity index (χ1v) is 11.4. The van der Waals surface area contributed by atoms with Crippen molar-refractivity contribution in [2.24, 2.45) is 7.05 Å². The average Bonchev–Trinajstić information content (AvgIpc) is 3.09. The maximum Gasteiger partial charge on any atom is 0.280 e. The topological polar surface area (TPSA) is 114 Å². The van der Waals surface area contributed by atoms with Crippen molar-refractivity contribution in [3.05, 3.63) is 48.2 Å². The summed E-state index contributed by atoms with van der Waals surface area (Å²) in [4.78, 5) is 15.2. The Labute approximate surface area is 181 Å². The van der Waals surface area contributed by atoms with E-state index >= 15 is 0 Å². The van der Waals surface area contributed by atoms with Crippen LogP contribution >= 0.6 is 0 Å². The molecule has 1 aromatic carbocycles. The summed E-state index contributed by atoms with van der Waals surface area (Å²) in [6, 6.07) is 8.85. The molecule has 2 aromatic heterocycles. The smallest absolute Gasteiger partial charge is 0.280 e. The molecule has 31 heavy (non-hydrogen) atoms. The van der Waals surface area contributed by atoms with Gasteiger partial charge in [-0.1, -0.05) is 0 Å². The molecular formula is C20H25N7O3S. The van der Waals surface area contributed by atoms with Crippen LogP contribution in [0.25, 0.3) is 0 Å². The molecule has 1 saturated heterocycles. The van der Waals surface area contributed by atoms with Crippen molar-refractivity contribution in [3.63, 3.8) is 0 Å². The second kappa shape index (κ2) is 8.52. The van der Waals surface area contributed by atoms with E-state index in [2.05, 4.69) is 29.9 Å². The second-order valence-corrected chi connectivity index (χ2v) is 8.93. The van der Waals surface area contributed by atoms with Crippen LogP contribution in [0.15, 0.2) is 41.6 Å². The van der Waals surface area contributed by atoms with Gasteiger partial charge in [0.2, 0.25) is 0 Å². The number of benzene rings is 1. The Balaban J connectivity index is 1.47. The number of ether oxygens (including phenoxy) is 1. The summed E-state index contributed by atoms with van der Waals surface area (Å²) >= 11 is 0. The summed E-state index contributed by atoms with van der Waals surface area (Å²) in [5.41, 5.74) is 1.23. The van der Waals surface area contributed by atoms with Gasteiger partial charge in [-0.05, 0) is 38.1 Å². The standard InChI is InChI=1S/C20H25N7O3S/c1-14-21-18(12-19(22-14)27-8-10-30-11-9-27)24-16-4-6-17(7-5-16)25-31(28,29)20-13-26(3)15(2)23-20/h4-7,12-13,25H,8-11H2,1-3H3,(H,21,22,24). The number of rotatable bonds is 6. The summed E-state index contributed by atoms with van der Waals surface area (Å²) in [5, 5.41) is 3.24. The lowest BCUT2D eigenvalue weighted by Gasteiger charge is -2.28. The van der Waals surface area contributed by atoms with E-state index in [9.17, 15) is 8.42 Å². The number of hydrogen-bond acceptors (Lipinski definition) is 8. The predicted molar refractivity (Wildman–Crippen MR) is 118 cm³/mol. The molecule has 0 aliphatic carbocycles. The van der Waals surface area contributed by atoms with E-state index < -0.39 is 10.0 Å². The zero-order chi connectivity index (χ0) is 22.0. The van der Waals surface area contributed by atoms with Crippen molar-refractivity contribution < 1.29 is 13.2 Å². The minimum Gasteiger partial charge on any atom is -0.378 e. The van der Waals surface area contributed by atoms with Crippen LogP contribution in [0.4, 0.5) is 23.0 Å². The molecule has 0 amide bonds. The van der Waals surface area contributed by atoms with Gasteiger partial charge < -0.3 is 19.5 Å². The molecule has 1 aliphatic rings. The van der Waals surface area contributed by atoms with Crippen LogP contribution in [0.2, 0.25) is 0 Å². The van der Waals surface area contributed by atoms with Crippen LogP contribution in [0.5, 0.6) is 0 Å². The Bertz CT molecular complexity index is 1150. The fraction of sp³-hybridized carbons (Fsp3) is 0.350. The Hall–Kier alpha value is -3.18. The third-order valence-corrected chi connectivity index (χ3v) is 6.18. The molecule has 1 fully saturated rings. The highest BCUT2D eigenvalue weighted by atomic mass is 32.2. The lowest BCUT2D eigenvalue weighted by Crippen LogP contribution is -2.36. The van der Waals surface area contributed by atoms with Gasteiger partial charge in [-0.15, -0.1) is 0 Å². The van der Waals surface area contributed by atoms with Crippen molar-refractivity contribution in [2.45, 2.75) is 18.9 Å². The second-order valence-electron chi connectivity index (χ2n) is 7.30. The Morgan fingerprint density at radius 2 is 1.68 bits per heavy atom. The lowest BCUT2D eigenvalue weighted by atomic mass is 10.3. The van der Waals surface area contributed by atoms with Crippen molar-refractivity contribution in [3.8, 4) is 0 Å². The largest absolute Gasteiger partial charge is 0.378 e. The van der Waals surface area contributed by atoms with E-state index in [-0.39, 0.29) is 5.03 Å². The summed E-state index contributed by atoms with van der Waals surface area (Å²) in [6.45, 7) is 6.55. The number of imidazole rings is 1. The van der Waals surface area contributed by atoms with Crippen molar-refractivity contribution in [1.29, 1.82) is 0 Å². The fourth-order valence-corrected chi connectivity index (χ4v) is 4.30. The summed E-state index contributed by atoms with van der Waals surface area (Å²) in [7, 11) is -2.00. The monoisotopic (exact) mass is 443 g/mol. The number of aromatic nitrogens is 4. The van der Waals surface area contributed by atoms with Gasteiger partial charge in [-0.3, -0.25) is 4.72 Å². The van der Waals surface area contributed by atoms with Crippen LogP contribution in [-0.4, -0.2) is 54.2 Å². The molecule has 3 aromatic rings. The van der Waals surface area contributed by atoms with Gasteiger partial charge in [0.15, 0.2) is 5.03 Å². The summed E-state index contributed by atoms with van der Waals surface area (Å²) in [6.07, 6.45) is 1.48. The van der Waals surface area contributed by atoms with Gasteiger partial charge in [-0.2, -0.15) is 8.42 Å². The Morgan fingerprint density at radius 3 is 2.32 bits per heavy atom. The van der Waals surface area contributed by atoms with Crippen LogP contribution in [0.3, 0.4) is 0 Å².